The lowest BCUT2D eigenvalue weighted by atomic mass is 10.1. The Balaban J connectivity index is 2.08. The molecule has 0 radical (unpaired) electrons. The molecule has 3 nitrogen and oxygen atoms in total. The van der Waals surface area contributed by atoms with E-state index in [1.54, 1.807) is 36.0 Å². The van der Waals surface area contributed by atoms with E-state index in [2.05, 4.69) is 5.32 Å². The summed E-state index contributed by atoms with van der Waals surface area (Å²) in [7, 11) is 1.89. The van der Waals surface area contributed by atoms with Gasteiger partial charge in [-0.1, -0.05) is 0 Å². The van der Waals surface area contributed by atoms with Crippen molar-refractivity contribution in [1.29, 1.82) is 0 Å². The van der Waals surface area contributed by atoms with Gasteiger partial charge in [-0.2, -0.15) is 0 Å². The number of rotatable bonds is 4. The van der Waals surface area contributed by atoms with E-state index in [1.807, 2.05) is 13.1 Å². The predicted octanol–water partition coefficient (Wildman–Crippen LogP) is 4.09. The SMILES string of the molecule is CNCCSC1=Cc2cc(O)ccc2Oc2ccc(F)cc21. The molecule has 0 bridgehead atoms. The van der Waals surface area contributed by atoms with E-state index in [9.17, 15) is 9.50 Å². The summed E-state index contributed by atoms with van der Waals surface area (Å²) in [5.41, 5.74) is 1.51. The third-order valence-electron chi connectivity index (χ3n) is 3.32. The summed E-state index contributed by atoms with van der Waals surface area (Å²) in [5, 5.41) is 12.8. The molecule has 22 heavy (non-hydrogen) atoms. The maximum atomic E-state index is 13.6. The molecule has 0 aliphatic carbocycles. The highest BCUT2D eigenvalue weighted by Crippen LogP contribution is 2.43. The normalized spacial score (nSPS) is 12.7. The minimum absolute atomic E-state index is 0.176. The van der Waals surface area contributed by atoms with Crippen molar-refractivity contribution < 1.29 is 14.2 Å². The Morgan fingerprint density at radius 1 is 1.18 bits per heavy atom. The van der Waals surface area contributed by atoms with Crippen LogP contribution in [0.4, 0.5) is 4.39 Å². The number of phenolic OH excluding ortho intramolecular Hbond substituents is 1. The second-order valence-corrected chi connectivity index (χ2v) is 6.06. The molecule has 0 fully saturated rings. The number of benzene rings is 2. The molecule has 114 valence electrons. The van der Waals surface area contributed by atoms with E-state index >= 15 is 0 Å². The number of nitrogens with one attached hydrogen (secondary N) is 1. The van der Waals surface area contributed by atoms with Crippen LogP contribution in [0.15, 0.2) is 36.4 Å². The van der Waals surface area contributed by atoms with Crippen molar-refractivity contribution in [3.05, 3.63) is 53.3 Å². The minimum atomic E-state index is -0.295. The third-order valence-corrected chi connectivity index (χ3v) is 4.37. The smallest absolute Gasteiger partial charge is 0.136 e. The Hall–Kier alpha value is -1.98. The lowest BCUT2D eigenvalue weighted by Gasteiger charge is -2.11. The largest absolute Gasteiger partial charge is 0.508 e. The van der Waals surface area contributed by atoms with E-state index in [1.165, 1.54) is 12.1 Å². The Kier molecular flexibility index (Phi) is 4.36. The molecular weight excluding hydrogens is 301 g/mol. The van der Waals surface area contributed by atoms with Gasteiger partial charge in [0.25, 0.3) is 0 Å². The summed E-state index contributed by atoms with van der Waals surface area (Å²) in [6.07, 6.45) is 1.93. The first-order chi connectivity index (χ1) is 10.7. The van der Waals surface area contributed by atoms with Gasteiger partial charge in [-0.25, -0.2) is 4.39 Å². The number of hydrogen-bond donors (Lipinski definition) is 2. The summed E-state index contributed by atoms with van der Waals surface area (Å²) >= 11 is 1.63. The summed E-state index contributed by atoms with van der Waals surface area (Å²) in [6.45, 7) is 0.848. The zero-order valence-electron chi connectivity index (χ0n) is 12.1. The Morgan fingerprint density at radius 3 is 2.82 bits per heavy atom. The zero-order chi connectivity index (χ0) is 15.5. The highest BCUT2D eigenvalue weighted by atomic mass is 32.2. The van der Waals surface area contributed by atoms with Crippen molar-refractivity contribution in [2.45, 2.75) is 0 Å². The average molecular weight is 317 g/mol. The van der Waals surface area contributed by atoms with Gasteiger partial charge in [0.05, 0.1) is 0 Å². The average Bonchev–Trinajstić information content (AvgIpc) is 2.64. The molecule has 0 amide bonds. The maximum absolute atomic E-state index is 13.6. The zero-order valence-corrected chi connectivity index (χ0v) is 12.9. The van der Waals surface area contributed by atoms with E-state index in [4.69, 9.17) is 4.74 Å². The fourth-order valence-corrected chi connectivity index (χ4v) is 3.30. The molecule has 1 aliphatic heterocycles. The molecule has 0 unspecified atom stereocenters. The van der Waals surface area contributed by atoms with Crippen LogP contribution in [0.1, 0.15) is 11.1 Å². The first kappa shape index (κ1) is 14.9. The molecule has 0 spiro atoms. The van der Waals surface area contributed by atoms with E-state index in [-0.39, 0.29) is 11.6 Å². The topological polar surface area (TPSA) is 41.5 Å². The van der Waals surface area contributed by atoms with Gasteiger partial charge in [0, 0.05) is 28.3 Å². The molecule has 5 heteroatoms. The van der Waals surface area contributed by atoms with Gasteiger partial charge in [-0.3, -0.25) is 0 Å². The van der Waals surface area contributed by atoms with Crippen molar-refractivity contribution in [3.63, 3.8) is 0 Å². The molecule has 0 saturated carbocycles. The number of thioether (sulfide) groups is 1. The summed E-state index contributed by atoms with van der Waals surface area (Å²) < 4.78 is 19.5. The number of fused-ring (bicyclic) bond motifs is 2. The van der Waals surface area contributed by atoms with Crippen LogP contribution < -0.4 is 10.1 Å². The van der Waals surface area contributed by atoms with Gasteiger partial charge in [-0.05, 0) is 49.5 Å². The van der Waals surface area contributed by atoms with E-state index in [0.29, 0.717) is 11.5 Å². The molecule has 2 aromatic carbocycles. The first-order valence-electron chi connectivity index (χ1n) is 6.97. The van der Waals surface area contributed by atoms with Gasteiger partial charge < -0.3 is 15.2 Å². The molecule has 2 aromatic rings. The van der Waals surface area contributed by atoms with E-state index in [0.717, 1.165) is 28.3 Å². The second-order valence-electron chi connectivity index (χ2n) is 4.93. The van der Waals surface area contributed by atoms with Crippen molar-refractivity contribution in [3.8, 4) is 17.2 Å². The Labute approximate surface area is 132 Å². The summed E-state index contributed by atoms with van der Waals surface area (Å²) in [4.78, 5) is 0.925. The summed E-state index contributed by atoms with van der Waals surface area (Å²) in [5.74, 6) is 2.00. The molecule has 0 saturated heterocycles. The molecule has 3 rings (SSSR count). The number of hydrogen-bond acceptors (Lipinski definition) is 4. The van der Waals surface area contributed by atoms with Crippen molar-refractivity contribution in [2.75, 3.05) is 19.3 Å². The van der Waals surface area contributed by atoms with Crippen LogP contribution in [0.5, 0.6) is 17.2 Å². The van der Waals surface area contributed by atoms with Crippen molar-refractivity contribution >= 4 is 22.7 Å². The predicted molar refractivity (Wildman–Crippen MR) is 88.8 cm³/mol. The quantitative estimate of drug-likeness (QED) is 0.834. The van der Waals surface area contributed by atoms with Crippen molar-refractivity contribution in [1.82, 2.24) is 5.32 Å². The minimum Gasteiger partial charge on any atom is -0.508 e. The van der Waals surface area contributed by atoms with Crippen LogP contribution >= 0.6 is 11.8 Å². The first-order valence-corrected chi connectivity index (χ1v) is 7.96. The molecule has 0 atom stereocenters. The molecular formula is C17H16FNO2S. The standard InChI is InChI=1S/C17H16FNO2S/c1-19-6-7-22-17-9-11-8-13(20)3-5-15(11)21-16-4-2-12(18)10-14(16)17/h2-5,8-10,19-20H,6-7H2,1H3. The third kappa shape index (κ3) is 3.10. The fraction of sp³-hybridized carbons (Fsp3) is 0.176. The van der Waals surface area contributed by atoms with Gasteiger partial charge in [0.2, 0.25) is 0 Å². The van der Waals surface area contributed by atoms with Crippen molar-refractivity contribution in [2.24, 2.45) is 0 Å². The van der Waals surface area contributed by atoms with Crippen LogP contribution in [0.25, 0.3) is 11.0 Å². The number of halogens is 1. The van der Waals surface area contributed by atoms with Gasteiger partial charge in [0.15, 0.2) is 0 Å². The lowest BCUT2D eigenvalue weighted by molar-refractivity contribution is 0.463. The highest BCUT2D eigenvalue weighted by Gasteiger charge is 2.18. The van der Waals surface area contributed by atoms with Crippen LogP contribution in [-0.2, 0) is 0 Å². The van der Waals surface area contributed by atoms with Crippen LogP contribution in [0.3, 0.4) is 0 Å². The number of phenols is 1. The molecule has 1 aliphatic rings. The molecule has 0 aromatic heterocycles. The number of ether oxygens (including phenoxy) is 1. The second kappa shape index (κ2) is 6.42. The highest BCUT2D eigenvalue weighted by molar-refractivity contribution is 8.08. The van der Waals surface area contributed by atoms with E-state index < -0.39 is 0 Å². The van der Waals surface area contributed by atoms with Gasteiger partial charge >= 0.3 is 0 Å². The molecule has 2 N–H and O–H groups in total. The maximum Gasteiger partial charge on any atom is 0.136 e. The Bertz CT molecular complexity index is 731. The van der Waals surface area contributed by atoms with Crippen LogP contribution in [0.2, 0.25) is 0 Å². The number of aromatic hydroxyl groups is 1. The van der Waals surface area contributed by atoms with Gasteiger partial charge in [-0.15, -0.1) is 11.8 Å². The monoisotopic (exact) mass is 317 g/mol. The molecule has 1 heterocycles. The van der Waals surface area contributed by atoms with Gasteiger partial charge in [0.1, 0.15) is 23.1 Å². The van der Waals surface area contributed by atoms with Crippen LogP contribution in [-0.4, -0.2) is 24.5 Å². The Morgan fingerprint density at radius 2 is 2.00 bits per heavy atom. The lowest BCUT2D eigenvalue weighted by Crippen LogP contribution is -2.09. The van der Waals surface area contributed by atoms with Crippen LogP contribution in [0, 0.1) is 5.82 Å². The summed E-state index contributed by atoms with van der Waals surface area (Å²) in [6, 6.07) is 9.46. The fourth-order valence-electron chi connectivity index (χ4n) is 2.25.